The zero-order valence-corrected chi connectivity index (χ0v) is 10.1. The number of benzene rings is 1. The molecule has 0 spiro atoms. The molecule has 0 atom stereocenters. The Balaban J connectivity index is 2.54. The third-order valence-electron chi connectivity index (χ3n) is 2.58. The van der Waals surface area contributed by atoms with E-state index in [9.17, 15) is 0 Å². The third kappa shape index (κ3) is 1.90. The van der Waals surface area contributed by atoms with Crippen LogP contribution in [0.4, 0.5) is 5.69 Å². The smallest absolute Gasteiger partial charge is 0.0375 e. The van der Waals surface area contributed by atoms with E-state index in [1.54, 1.807) is 0 Å². The van der Waals surface area contributed by atoms with E-state index in [4.69, 9.17) is 5.73 Å². The molecular formula is C13H15NS. The van der Waals surface area contributed by atoms with Crippen molar-refractivity contribution in [1.29, 1.82) is 0 Å². The van der Waals surface area contributed by atoms with Gasteiger partial charge >= 0.3 is 0 Å². The van der Waals surface area contributed by atoms with Crippen molar-refractivity contribution in [2.75, 3.05) is 5.73 Å². The second-order valence-corrected chi connectivity index (χ2v) is 5.20. The Hall–Kier alpha value is -1.28. The van der Waals surface area contributed by atoms with Gasteiger partial charge in [-0.25, -0.2) is 0 Å². The molecule has 0 fully saturated rings. The minimum absolute atomic E-state index is 0.873. The number of nitrogen functional groups attached to an aromatic ring is 1. The molecule has 2 heteroatoms. The summed E-state index contributed by atoms with van der Waals surface area (Å²) in [5, 5.41) is 0. The van der Waals surface area contributed by atoms with Gasteiger partial charge in [-0.2, -0.15) is 0 Å². The van der Waals surface area contributed by atoms with Gasteiger partial charge in [-0.05, 0) is 49.6 Å². The highest BCUT2D eigenvalue weighted by molar-refractivity contribution is 7.15. The molecule has 0 aliphatic carbocycles. The van der Waals surface area contributed by atoms with E-state index in [0.29, 0.717) is 0 Å². The molecule has 0 amide bonds. The maximum Gasteiger partial charge on any atom is 0.0375 e. The van der Waals surface area contributed by atoms with Crippen LogP contribution in [0, 0.1) is 20.8 Å². The summed E-state index contributed by atoms with van der Waals surface area (Å²) in [5.74, 6) is 0. The van der Waals surface area contributed by atoms with Gasteiger partial charge in [0, 0.05) is 15.4 Å². The zero-order valence-electron chi connectivity index (χ0n) is 9.29. The molecule has 0 aliphatic heterocycles. The number of nitrogens with two attached hydrogens (primary N) is 1. The Labute approximate surface area is 94.6 Å². The fourth-order valence-electron chi connectivity index (χ4n) is 1.71. The molecule has 2 aromatic rings. The van der Waals surface area contributed by atoms with E-state index >= 15 is 0 Å². The molecule has 0 bridgehead atoms. The van der Waals surface area contributed by atoms with Gasteiger partial charge < -0.3 is 5.73 Å². The van der Waals surface area contributed by atoms with Crippen LogP contribution >= 0.6 is 11.3 Å². The van der Waals surface area contributed by atoms with Crippen LogP contribution in [0.1, 0.15) is 16.0 Å². The van der Waals surface area contributed by atoms with Gasteiger partial charge in [0.15, 0.2) is 0 Å². The molecule has 2 rings (SSSR count). The maximum atomic E-state index is 5.92. The van der Waals surface area contributed by atoms with Crippen LogP contribution in [-0.4, -0.2) is 0 Å². The molecular weight excluding hydrogens is 202 g/mol. The van der Waals surface area contributed by atoms with Crippen LogP contribution in [0.15, 0.2) is 24.3 Å². The number of aryl methyl sites for hydroxylation is 3. The lowest BCUT2D eigenvalue weighted by molar-refractivity contribution is 1.46. The number of hydrogen-bond acceptors (Lipinski definition) is 2. The van der Waals surface area contributed by atoms with Crippen molar-refractivity contribution in [1.82, 2.24) is 0 Å². The van der Waals surface area contributed by atoms with Crippen molar-refractivity contribution in [3.63, 3.8) is 0 Å². The lowest BCUT2D eigenvalue weighted by atomic mass is 10.1. The molecule has 0 saturated heterocycles. The molecule has 78 valence electrons. The Morgan fingerprint density at radius 3 is 2.27 bits per heavy atom. The minimum atomic E-state index is 0.873. The number of rotatable bonds is 1. The van der Waals surface area contributed by atoms with E-state index in [1.807, 2.05) is 18.3 Å². The highest BCUT2D eigenvalue weighted by Gasteiger charge is 2.06. The SMILES string of the molecule is Cc1cc(C)c(-c2ccc(C)c(N)c2)s1. The maximum absolute atomic E-state index is 5.92. The summed E-state index contributed by atoms with van der Waals surface area (Å²) in [6, 6.07) is 8.51. The van der Waals surface area contributed by atoms with Crippen LogP contribution in [0.3, 0.4) is 0 Å². The Morgan fingerprint density at radius 1 is 1.00 bits per heavy atom. The summed E-state index contributed by atoms with van der Waals surface area (Å²) >= 11 is 1.83. The highest BCUT2D eigenvalue weighted by Crippen LogP contribution is 2.33. The van der Waals surface area contributed by atoms with Gasteiger partial charge in [0.1, 0.15) is 0 Å². The zero-order chi connectivity index (χ0) is 11.0. The fraction of sp³-hybridized carbons (Fsp3) is 0.231. The Bertz CT molecular complexity index is 497. The molecule has 15 heavy (non-hydrogen) atoms. The first-order valence-corrected chi connectivity index (χ1v) is 5.83. The van der Waals surface area contributed by atoms with Crippen LogP contribution in [-0.2, 0) is 0 Å². The van der Waals surface area contributed by atoms with Crippen molar-refractivity contribution in [2.24, 2.45) is 0 Å². The van der Waals surface area contributed by atoms with Crippen LogP contribution in [0.5, 0.6) is 0 Å². The van der Waals surface area contributed by atoms with Crippen molar-refractivity contribution >= 4 is 17.0 Å². The quantitative estimate of drug-likeness (QED) is 0.720. The van der Waals surface area contributed by atoms with Crippen molar-refractivity contribution < 1.29 is 0 Å². The van der Waals surface area contributed by atoms with Gasteiger partial charge in [0.05, 0.1) is 0 Å². The average molecular weight is 217 g/mol. The van der Waals surface area contributed by atoms with Gasteiger partial charge in [-0.1, -0.05) is 12.1 Å². The van der Waals surface area contributed by atoms with E-state index in [-0.39, 0.29) is 0 Å². The first-order valence-electron chi connectivity index (χ1n) is 5.01. The summed E-state index contributed by atoms with van der Waals surface area (Å²) < 4.78 is 0. The third-order valence-corrected chi connectivity index (χ3v) is 3.78. The van der Waals surface area contributed by atoms with E-state index < -0.39 is 0 Å². The average Bonchev–Trinajstić information content (AvgIpc) is 2.50. The molecule has 0 aliphatic rings. The molecule has 0 unspecified atom stereocenters. The first kappa shape index (κ1) is 10.2. The van der Waals surface area contributed by atoms with Crippen molar-refractivity contribution in [2.45, 2.75) is 20.8 Å². The van der Waals surface area contributed by atoms with E-state index in [1.165, 1.54) is 20.9 Å². The summed E-state index contributed by atoms with van der Waals surface area (Å²) in [7, 11) is 0. The molecule has 1 aromatic heterocycles. The highest BCUT2D eigenvalue weighted by atomic mass is 32.1. The van der Waals surface area contributed by atoms with E-state index in [2.05, 4.69) is 38.1 Å². The monoisotopic (exact) mass is 217 g/mol. The van der Waals surface area contributed by atoms with Gasteiger partial charge in [-0.15, -0.1) is 11.3 Å². The van der Waals surface area contributed by atoms with E-state index in [0.717, 1.165) is 11.3 Å². The topological polar surface area (TPSA) is 26.0 Å². The lowest BCUT2D eigenvalue weighted by Gasteiger charge is -2.04. The Morgan fingerprint density at radius 2 is 1.73 bits per heavy atom. The predicted octanol–water partition coefficient (Wildman–Crippen LogP) is 3.92. The first-order chi connectivity index (χ1) is 7.08. The van der Waals surface area contributed by atoms with Crippen LogP contribution in [0.2, 0.25) is 0 Å². The fourth-order valence-corrected chi connectivity index (χ4v) is 2.73. The molecule has 1 nitrogen and oxygen atoms in total. The molecule has 0 saturated carbocycles. The summed E-state index contributed by atoms with van der Waals surface area (Å²) in [4.78, 5) is 2.68. The standard InChI is InChI=1S/C13H15NS/c1-8-4-5-11(7-12(8)14)13-9(2)6-10(3)15-13/h4-7H,14H2,1-3H3. The second-order valence-electron chi connectivity index (χ2n) is 3.94. The van der Waals surface area contributed by atoms with Gasteiger partial charge in [0.25, 0.3) is 0 Å². The van der Waals surface area contributed by atoms with Crippen molar-refractivity contribution in [3.05, 3.63) is 40.3 Å². The molecule has 1 heterocycles. The second kappa shape index (κ2) is 3.70. The van der Waals surface area contributed by atoms with Crippen LogP contribution < -0.4 is 5.73 Å². The van der Waals surface area contributed by atoms with Gasteiger partial charge in [-0.3, -0.25) is 0 Å². The summed E-state index contributed by atoms with van der Waals surface area (Å²) in [6.07, 6.45) is 0. The molecule has 1 aromatic carbocycles. The molecule has 0 radical (unpaired) electrons. The largest absolute Gasteiger partial charge is 0.398 e. The summed E-state index contributed by atoms with van der Waals surface area (Å²) in [5.41, 5.74) is 10.5. The predicted molar refractivity (Wildman–Crippen MR) is 68.4 cm³/mol. The van der Waals surface area contributed by atoms with Gasteiger partial charge in [0.2, 0.25) is 0 Å². The summed E-state index contributed by atoms with van der Waals surface area (Å²) in [6.45, 7) is 6.32. The number of thiophene rings is 1. The Kier molecular flexibility index (Phi) is 2.53. The minimum Gasteiger partial charge on any atom is -0.398 e. The normalized spacial score (nSPS) is 10.6. The molecule has 2 N–H and O–H groups in total. The lowest BCUT2D eigenvalue weighted by Crippen LogP contribution is -1.89. The number of anilines is 1. The number of hydrogen-bond donors (Lipinski definition) is 1. The van der Waals surface area contributed by atoms with Crippen molar-refractivity contribution in [3.8, 4) is 10.4 Å². The van der Waals surface area contributed by atoms with Crippen LogP contribution in [0.25, 0.3) is 10.4 Å².